The minimum atomic E-state index is -0.923. The number of amides is 1. The molecule has 1 radical (unpaired) electrons. The number of rotatable bonds is 11. The minimum Gasteiger partial charge on any atom is -0.391 e. The highest BCUT2D eigenvalue weighted by atomic mass is 16.6. The number of nitrogens with one attached hydrogen (secondary N) is 2. The fourth-order valence-electron chi connectivity index (χ4n) is 3.58. The van der Waals surface area contributed by atoms with Crippen molar-refractivity contribution in [3.05, 3.63) is 108 Å². The second-order valence-corrected chi connectivity index (χ2v) is 6.83. The van der Waals surface area contributed by atoms with Crippen molar-refractivity contribution in [2.45, 2.75) is 18.7 Å². The molecule has 0 fully saturated rings. The van der Waals surface area contributed by atoms with E-state index >= 15 is 0 Å². The first kappa shape index (κ1) is 22.2. The monoisotopic (exact) mass is 416 g/mol. The van der Waals surface area contributed by atoms with Gasteiger partial charge < -0.3 is 9.57 Å². The molecule has 1 unspecified atom stereocenters. The van der Waals surface area contributed by atoms with E-state index in [1.165, 1.54) is 0 Å². The van der Waals surface area contributed by atoms with E-state index in [4.69, 9.17) is 15.3 Å². The normalized spacial score (nSPS) is 12.5. The molecule has 0 saturated carbocycles. The smallest absolute Gasteiger partial charge is 0.284 e. The van der Waals surface area contributed by atoms with Gasteiger partial charge in [0, 0.05) is 6.61 Å². The molecular formula is C25H26N3O3. The summed E-state index contributed by atoms with van der Waals surface area (Å²) in [5, 5.41) is 7.21. The molecule has 3 rings (SSSR count). The van der Waals surface area contributed by atoms with Crippen LogP contribution in [0.4, 0.5) is 0 Å². The van der Waals surface area contributed by atoms with Gasteiger partial charge in [-0.25, -0.2) is 0 Å². The first-order chi connectivity index (χ1) is 15.2. The molecule has 31 heavy (non-hydrogen) atoms. The van der Waals surface area contributed by atoms with Crippen LogP contribution in [0.5, 0.6) is 0 Å². The maximum Gasteiger partial charge on any atom is 0.284 e. The summed E-state index contributed by atoms with van der Waals surface area (Å²) in [6.45, 7) is 2.42. The molecule has 6 heteroatoms. The van der Waals surface area contributed by atoms with Crippen LogP contribution in [0.2, 0.25) is 0 Å². The van der Waals surface area contributed by atoms with E-state index < -0.39 is 17.7 Å². The molecule has 6 nitrogen and oxygen atoms in total. The molecule has 2 N–H and O–H groups in total. The van der Waals surface area contributed by atoms with E-state index in [0.29, 0.717) is 6.61 Å². The molecule has 0 aliphatic rings. The highest BCUT2D eigenvalue weighted by Crippen LogP contribution is 2.37. The summed E-state index contributed by atoms with van der Waals surface area (Å²) in [4.78, 5) is 16.0. The molecule has 0 saturated heterocycles. The van der Waals surface area contributed by atoms with Gasteiger partial charge in [-0.05, 0) is 23.6 Å². The molecule has 0 aromatic heterocycles. The molecule has 159 valence electrons. The van der Waals surface area contributed by atoms with Crippen LogP contribution < -0.4 is 11.1 Å². The number of benzene rings is 3. The Labute approximate surface area is 182 Å². The van der Waals surface area contributed by atoms with Gasteiger partial charge in [-0.15, -0.1) is 0 Å². The summed E-state index contributed by atoms with van der Waals surface area (Å²) in [7, 11) is 0. The summed E-state index contributed by atoms with van der Waals surface area (Å²) >= 11 is 0. The lowest BCUT2D eigenvalue weighted by molar-refractivity contribution is -0.112. The Kier molecular flexibility index (Phi) is 7.92. The third kappa shape index (κ3) is 5.57. The van der Waals surface area contributed by atoms with Crippen molar-refractivity contribution in [1.29, 1.82) is 0 Å². The van der Waals surface area contributed by atoms with Crippen molar-refractivity contribution in [2.75, 3.05) is 13.2 Å². The molecule has 0 spiro atoms. The van der Waals surface area contributed by atoms with Crippen molar-refractivity contribution >= 4 is 12.1 Å². The number of hydrogen-bond acceptors (Lipinski definition) is 5. The van der Waals surface area contributed by atoms with Gasteiger partial charge in [0.2, 0.25) is 0 Å². The molecule has 0 aliphatic carbocycles. The van der Waals surface area contributed by atoms with Gasteiger partial charge in [0.05, 0.1) is 5.54 Å². The molecule has 1 atom stereocenters. The summed E-state index contributed by atoms with van der Waals surface area (Å²) in [5.74, 6) is -0.923. The number of ether oxygens (including phenoxy) is 1. The minimum absolute atomic E-state index is 0.0614. The van der Waals surface area contributed by atoms with Crippen molar-refractivity contribution in [2.24, 2.45) is 5.16 Å². The number of nitrogens with zero attached hydrogens (tertiary/aromatic N) is 1. The highest BCUT2D eigenvalue weighted by molar-refractivity contribution is 6.24. The number of oxime groups is 1. The lowest BCUT2D eigenvalue weighted by atomic mass is 9.77. The Balaban J connectivity index is 2.09. The van der Waals surface area contributed by atoms with Crippen molar-refractivity contribution in [3.63, 3.8) is 0 Å². The van der Waals surface area contributed by atoms with Crippen LogP contribution >= 0.6 is 0 Å². The predicted octanol–water partition coefficient (Wildman–Crippen LogP) is 3.74. The number of carbonyl (C=O) groups is 1. The highest BCUT2D eigenvalue weighted by Gasteiger charge is 2.38. The molecular weight excluding hydrogens is 390 g/mol. The van der Waals surface area contributed by atoms with Crippen LogP contribution in [0.3, 0.4) is 0 Å². The van der Waals surface area contributed by atoms with Crippen LogP contribution in [-0.4, -0.2) is 31.6 Å². The van der Waals surface area contributed by atoms with Gasteiger partial charge in [0.25, 0.3) is 5.91 Å². The fourth-order valence-corrected chi connectivity index (χ4v) is 3.58. The summed E-state index contributed by atoms with van der Waals surface area (Å²) in [6, 6.07) is 30.5. The van der Waals surface area contributed by atoms with Gasteiger partial charge in [-0.3, -0.25) is 15.8 Å². The SMILES string of the molecule is CCOC(CON=CC([NH])=O)NC(c1ccccc1)(c1ccccc1)c1ccccc1. The molecule has 3 aromatic rings. The van der Waals surface area contributed by atoms with Gasteiger partial charge in [-0.2, -0.15) is 0 Å². The van der Waals surface area contributed by atoms with Crippen LogP contribution in [0.15, 0.2) is 96.2 Å². The molecule has 0 heterocycles. The Hall–Kier alpha value is -3.48. The quantitative estimate of drug-likeness (QED) is 0.223. The van der Waals surface area contributed by atoms with Crippen LogP contribution in [0.1, 0.15) is 23.6 Å². The second-order valence-electron chi connectivity index (χ2n) is 6.83. The van der Waals surface area contributed by atoms with E-state index in [9.17, 15) is 4.79 Å². The van der Waals surface area contributed by atoms with Gasteiger partial charge >= 0.3 is 0 Å². The average molecular weight is 417 g/mol. The first-order valence-electron chi connectivity index (χ1n) is 10.1. The van der Waals surface area contributed by atoms with Crippen LogP contribution in [0.25, 0.3) is 0 Å². The Morgan fingerprint density at radius 3 is 1.77 bits per heavy atom. The Morgan fingerprint density at radius 2 is 1.39 bits per heavy atom. The zero-order valence-electron chi connectivity index (χ0n) is 17.4. The van der Waals surface area contributed by atoms with E-state index in [1.807, 2.05) is 61.5 Å². The Bertz CT molecular complexity index is 866. The van der Waals surface area contributed by atoms with Crippen LogP contribution in [-0.2, 0) is 19.9 Å². The third-order valence-electron chi connectivity index (χ3n) is 4.84. The summed E-state index contributed by atoms with van der Waals surface area (Å²) < 4.78 is 5.93. The van der Waals surface area contributed by atoms with Gasteiger partial charge in [-0.1, -0.05) is 96.2 Å². The lowest BCUT2D eigenvalue weighted by Crippen LogP contribution is -2.52. The number of hydrogen-bond donors (Lipinski definition) is 1. The zero-order valence-corrected chi connectivity index (χ0v) is 17.4. The van der Waals surface area contributed by atoms with Crippen LogP contribution in [0, 0.1) is 0 Å². The van der Waals surface area contributed by atoms with E-state index in [1.54, 1.807) is 0 Å². The van der Waals surface area contributed by atoms with Crippen molar-refractivity contribution < 1.29 is 14.4 Å². The van der Waals surface area contributed by atoms with Crippen molar-refractivity contribution in [3.8, 4) is 0 Å². The maximum atomic E-state index is 10.8. The zero-order chi connectivity index (χ0) is 21.9. The van der Waals surface area contributed by atoms with E-state index in [2.05, 4.69) is 46.9 Å². The summed E-state index contributed by atoms with van der Waals surface area (Å²) in [5.41, 5.74) is 9.32. The maximum absolute atomic E-state index is 10.8. The average Bonchev–Trinajstić information content (AvgIpc) is 2.82. The lowest BCUT2D eigenvalue weighted by Gasteiger charge is -2.39. The standard InChI is InChI=1S/C25H26N3O3/c1-2-30-24(19-31-27-18-23(26)29)28-25(20-12-6-3-7-13-20,21-14-8-4-9-15-21)22-16-10-5-11-17-22/h3-18,24,26,28H,2,19H2,1H3. The van der Waals surface area contributed by atoms with Gasteiger partial charge in [0.15, 0.2) is 6.61 Å². The third-order valence-corrected chi connectivity index (χ3v) is 4.84. The largest absolute Gasteiger partial charge is 0.391 e. The molecule has 3 aromatic carbocycles. The predicted molar refractivity (Wildman–Crippen MR) is 120 cm³/mol. The second kappa shape index (κ2) is 11.1. The first-order valence-corrected chi connectivity index (χ1v) is 10.1. The summed E-state index contributed by atoms with van der Waals surface area (Å²) in [6.07, 6.45) is 0.283. The molecule has 0 aliphatic heterocycles. The van der Waals surface area contributed by atoms with Crippen molar-refractivity contribution in [1.82, 2.24) is 11.1 Å². The van der Waals surface area contributed by atoms with E-state index in [-0.39, 0.29) is 6.61 Å². The Morgan fingerprint density at radius 1 is 0.935 bits per heavy atom. The van der Waals surface area contributed by atoms with Gasteiger partial charge in [0.1, 0.15) is 12.4 Å². The number of carbonyl (C=O) groups excluding carboxylic acids is 1. The fraction of sp³-hybridized carbons (Fsp3) is 0.200. The molecule has 1 amide bonds. The topological polar surface area (TPSA) is 83.7 Å². The molecule has 0 bridgehead atoms. The van der Waals surface area contributed by atoms with E-state index in [0.717, 1.165) is 22.9 Å².